The van der Waals surface area contributed by atoms with Crippen LogP contribution in [0, 0.1) is 5.82 Å². The van der Waals surface area contributed by atoms with Crippen molar-refractivity contribution in [3.8, 4) is 5.75 Å². The third-order valence-electron chi connectivity index (χ3n) is 3.11. The number of nitrogens with zero attached hydrogens (tertiary/aromatic N) is 2. The van der Waals surface area contributed by atoms with E-state index in [9.17, 15) is 21.8 Å². The Hall–Kier alpha value is -1.81. The second-order valence-corrected chi connectivity index (χ2v) is 9.09. The summed E-state index contributed by atoms with van der Waals surface area (Å²) in [5.74, 6) is -2.20. The molecule has 1 aromatic heterocycles. The van der Waals surface area contributed by atoms with Crippen LogP contribution < -0.4 is 4.74 Å². The van der Waals surface area contributed by atoms with Gasteiger partial charge < -0.3 is 4.74 Å². The lowest BCUT2D eigenvalue weighted by Gasteiger charge is -2.16. The molecule has 27 heavy (non-hydrogen) atoms. The van der Waals surface area contributed by atoms with Crippen molar-refractivity contribution in [2.24, 2.45) is 4.40 Å². The molecule has 0 bridgehead atoms. The smallest absolute Gasteiger partial charge is 0.403 e. The van der Waals surface area contributed by atoms with Gasteiger partial charge in [-0.1, -0.05) is 0 Å². The Morgan fingerprint density at radius 1 is 1.22 bits per heavy atom. The van der Waals surface area contributed by atoms with Crippen LogP contribution in [0.3, 0.4) is 0 Å². The van der Waals surface area contributed by atoms with Crippen molar-refractivity contribution in [2.45, 2.75) is 31.9 Å². The highest BCUT2D eigenvalue weighted by molar-refractivity contribution is 9.10. The van der Waals surface area contributed by atoms with E-state index >= 15 is 0 Å². The van der Waals surface area contributed by atoms with Crippen LogP contribution in [0.5, 0.6) is 5.75 Å². The van der Waals surface area contributed by atoms with E-state index in [1.807, 2.05) is 0 Å². The first-order valence-corrected chi connectivity index (χ1v) is 9.46. The van der Waals surface area contributed by atoms with Crippen LogP contribution in [0.2, 0.25) is 0 Å². The number of rotatable bonds is 4. The van der Waals surface area contributed by atoms with Gasteiger partial charge in [0, 0.05) is 16.2 Å². The first kappa shape index (κ1) is 21.5. The Kier molecular flexibility index (Phi) is 6.41. The fraction of sp³-hybridized carbons (Fsp3) is 0.294. The quantitative estimate of drug-likeness (QED) is 0.460. The highest BCUT2D eigenvalue weighted by atomic mass is 79.9. The zero-order chi connectivity index (χ0) is 20.4. The van der Waals surface area contributed by atoms with Gasteiger partial charge in [0.05, 0.1) is 4.75 Å². The maximum atomic E-state index is 14.1. The lowest BCUT2D eigenvalue weighted by Crippen LogP contribution is -2.22. The highest BCUT2D eigenvalue weighted by Gasteiger charge is 2.32. The molecule has 1 heterocycles. The molecule has 146 valence electrons. The minimum atomic E-state index is -5.02. The first-order valence-electron chi connectivity index (χ1n) is 7.56. The van der Waals surface area contributed by atoms with E-state index in [4.69, 9.17) is 0 Å². The van der Waals surface area contributed by atoms with Gasteiger partial charge >= 0.3 is 6.36 Å². The predicted octanol–water partition coefficient (Wildman–Crippen LogP) is 5.18. The van der Waals surface area contributed by atoms with E-state index < -0.39 is 33.7 Å². The second-order valence-electron chi connectivity index (χ2n) is 6.33. The molecule has 0 saturated heterocycles. The first-order chi connectivity index (χ1) is 12.4. The van der Waals surface area contributed by atoms with Crippen LogP contribution in [-0.2, 0) is 11.0 Å². The number of hydrogen-bond donors (Lipinski definition) is 0. The van der Waals surface area contributed by atoms with Crippen LogP contribution in [0.1, 0.15) is 32.0 Å². The molecule has 10 heteroatoms. The summed E-state index contributed by atoms with van der Waals surface area (Å²) in [5, 5.41) is 0. The largest absolute Gasteiger partial charge is 0.573 e. The number of alkyl halides is 3. The SMILES string of the molecule is CC(C)(C)[S@@](=O)/N=C(\c1ccc(OC(F)(F)F)c(F)c1)c1ncccc1Br. The average Bonchev–Trinajstić information content (AvgIpc) is 2.53. The van der Waals surface area contributed by atoms with Gasteiger partial charge in [-0.3, -0.25) is 4.98 Å². The van der Waals surface area contributed by atoms with Crippen LogP contribution >= 0.6 is 15.9 Å². The van der Waals surface area contributed by atoms with Crippen molar-refractivity contribution in [1.29, 1.82) is 0 Å². The van der Waals surface area contributed by atoms with Crippen LogP contribution in [0.25, 0.3) is 0 Å². The number of hydrogen-bond acceptors (Lipinski definition) is 3. The molecule has 2 rings (SSSR count). The van der Waals surface area contributed by atoms with Gasteiger partial charge in [-0.25, -0.2) is 8.60 Å². The number of benzene rings is 1. The van der Waals surface area contributed by atoms with E-state index in [0.717, 1.165) is 12.1 Å². The van der Waals surface area contributed by atoms with Gasteiger partial charge in [-0.2, -0.15) is 4.40 Å². The molecule has 0 aliphatic carbocycles. The Labute approximate surface area is 164 Å². The lowest BCUT2D eigenvalue weighted by atomic mass is 10.1. The number of aromatic nitrogens is 1. The van der Waals surface area contributed by atoms with E-state index in [0.29, 0.717) is 4.47 Å². The van der Waals surface area contributed by atoms with Crippen LogP contribution in [0.15, 0.2) is 45.4 Å². The van der Waals surface area contributed by atoms with Gasteiger partial charge in [-0.15, -0.1) is 13.2 Å². The number of halogens is 5. The van der Waals surface area contributed by atoms with Crippen molar-refractivity contribution < 1.29 is 26.5 Å². The van der Waals surface area contributed by atoms with Crippen LogP contribution in [-0.4, -0.2) is 26.0 Å². The fourth-order valence-electron chi connectivity index (χ4n) is 1.87. The van der Waals surface area contributed by atoms with Crippen LogP contribution in [0.4, 0.5) is 17.6 Å². The minimum absolute atomic E-state index is 0.0770. The Balaban J connectivity index is 2.58. The Morgan fingerprint density at radius 2 is 1.89 bits per heavy atom. The van der Waals surface area contributed by atoms with E-state index in [2.05, 4.69) is 30.0 Å². The van der Waals surface area contributed by atoms with Crippen molar-refractivity contribution in [3.05, 3.63) is 58.1 Å². The molecule has 0 unspecified atom stereocenters. The van der Waals surface area contributed by atoms with Gasteiger partial charge in [-0.05, 0) is 67.0 Å². The van der Waals surface area contributed by atoms with Crippen molar-refractivity contribution in [1.82, 2.24) is 4.98 Å². The second kappa shape index (κ2) is 8.05. The molecule has 0 radical (unpaired) electrons. The topological polar surface area (TPSA) is 51.5 Å². The fourth-order valence-corrected chi connectivity index (χ4v) is 2.94. The molecular weight excluding hydrogens is 452 g/mol. The molecule has 0 amide bonds. The number of ether oxygens (including phenoxy) is 1. The van der Waals surface area contributed by atoms with Gasteiger partial charge in [0.1, 0.15) is 22.4 Å². The lowest BCUT2D eigenvalue weighted by molar-refractivity contribution is -0.275. The van der Waals surface area contributed by atoms with E-state index in [1.165, 1.54) is 12.3 Å². The summed E-state index contributed by atoms with van der Waals surface area (Å²) < 4.78 is 71.2. The molecule has 0 spiro atoms. The van der Waals surface area contributed by atoms with Crippen molar-refractivity contribution in [3.63, 3.8) is 0 Å². The zero-order valence-corrected chi connectivity index (χ0v) is 16.9. The maximum absolute atomic E-state index is 14.1. The summed E-state index contributed by atoms with van der Waals surface area (Å²) in [7, 11) is -1.71. The molecule has 0 aliphatic heterocycles. The average molecular weight is 467 g/mol. The van der Waals surface area contributed by atoms with Crippen molar-refractivity contribution >= 4 is 32.6 Å². The molecule has 0 aliphatic rings. The molecule has 0 N–H and O–H groups in total. The third-order valence-corrected chi connectivity index (χ3v) is 5.15. The van der Waals surface area contributed by atoms with Crippen molar-refractivity contribution in [2.75, 3.05) is 0 Å². The number of pyridine rings is 1. The molecule has 4 nitrogen and oxygen atoms in total. The summed E-state index contributed by atoms with van der Waals surface area (Å²) in [6.45, 7) is 5.12. The van der Waals surface area contributed by atoms with Gasteiger partial charge in [0.25, 0.3) is 0 Å². The normalized spacial score (nSPS) is 14.1. The summed E-state index contributed by atoms with van der Waals surface area (Å²) in [5.41, 5.74) is 0.464. The molecule has 0 saturated carbocycles. The maximum Gasteiger partial charge on any atom is 0.573 e. The van der Waals surface area contributed by atoms with Gasteiger partial charge in [0.2, 0.25) is 0 Å². The van der Waals surface area contributed by atoms with E-state index in [1.54, 1.807) is 32.9 Å². The Bertz CT molecular complexity index is 895. The third kappa shape index (κ3) is 5.83. The van der Waals surface area contributed by atoms with E-state index in [-0.39, 0.29) is 17.0 Å². The molecule has 1 atom stereocenters. The molecule has 2 aromatic rings. The minimum Gasteiger partial charge on any atom is -0.403 e. The molecule has 0 fully saturated rings. The summed E-state index contributed by atoms with van der Waals surface area (Å²) >= 11 is 3.30. The standard InChI is InChI=1S/C17H15BrF4N2O2S/c1-16(2,3)27(25)24-14(15-11(18)5-4-8-23-15)10-6-7-13(12(19)9-10)26-17(20,21)22/h4-9H,1-3H3/b24-14+/t27-/m1/s1. The van der Waals surface area contributed by atoms with Gasteiger partial charge in [0.15, 0.2) is 11.6 Å². The summed E-state index contributed by atoms with van der Waals surface area (Å²) in [4.78, 5) is 4.16. The molecule has 1 aromatic carbocycles. The summed E-state index contributed by atoms with van der Waals surface area (Å²) in [6.07, 6.45) is -3.55. The predicted molar refractivity (Wildman–Crippen MR) is 98.6 cm³/mol. The molecular formula is C17H15BrF4N2O2S. The highest BCUT2D eigenvalue weighted by Crippen LogP contribution is 2.28. The monoisotopic (exact) mass is 466 g/mol. The Morgan fingerprint density at radius 3 is 2.41 bits per heavy atom. The zero-order valence-electron chi connectivity index (χ0n) is 14.5. The summed E-state index contributed by atoms with van der Waals surface area (Å²) in [6, 6.07) is 6.18.